The number of fused-ring (bicyclic) bond motifs is 3. The lowest BCUT2D eigenvalue weighted by atomic mass is 9.98. The smallest absolute Gasteiger partial charge is 0.407 e. The van der Waals surface area contributed by atoms with Crippen molar-refractivity contribution in [1.82, 2.24) is 15.1 Å². The number of aromatic carboxylic acids is 1. The molecule has 1 aromatic heterocycles. The Kier molecular flexibility index (Phi) is 5.63. The molecule has 0 saturated carbocycles. The molecule has 0 aliphatic heterocycles. The van der Waals surface area contributed by atoms with Crippen LogP contribution in [0, 0.1) is 0 Å². The van der Waals surface area contributed by atoms with Crippen LogP contribution < -0.4 is 10.6 Å². The minimum atomic E-state index is -1.22. The van der Waals surface area contributed by atoms with Gasteiger partial charge in [0.05, 0.1) is 11.9 Å². The van der Waals surface area contributed by atoms with E-state index >= 15 is 0 Å². The van der Waals surface area contributed by atoms with Crippen molar-refractivity contribution in [2.45, 2.75) is 18.9 Å². The molecule has 0 spiro atoms. The van der Waals surface area contributed by atoms with Gasteiger partial charge in [0.2, 0.25) is 5.91 Å². The van der Waals surface area contributed by atoms with Gasteiger partial charge in [0.25, 0.3) is 0 Å². The van der Waals surface area contributed by atoms with E-state index in [1.54, 1.807) is 0 Å². The maximum Gasteiger partial charge on any atom is 0.407 e. The molecule has 1 atom stereocenters. The Hall–Kier alpha value is -4.14. The molecule has 0 saturated heterocycles. The standard InChI is InChI=1S/C23H22N4O5/c1-13(21(28)26-19-11-24-27(2)20(19)22(29)30)25-23(31)32-12-18-16-9-5-3-7-14(16)15-8-4-6-10-17(15)18/h3-11,13,18H,12H2,1-2H3,(H,25,31)(H,26,28)(H,29,30)/t13-/m0/s1. The van der Waals surface area contributed by atoms with Crippen molar-refractivity contribution in [1.29, 1.82) is 0 Å². The Morgan fingerprint density at radius 3 is 2.28 bits per heavy atom. The van der Waals surface area contributed by atoms with E-state index in [2.05, 4.69) is 15.7 Å². The predicted octanol–water partition coefficient (Wildman–Crippen LogP) is 2.98. The predicted molar refractivity (Wildman–Crippen MR) is 116 cm³/mol. The van der Waals surface area contributed by atoms with Crippen LogP contribution in [0.3, 0.4) is 0 Å². The third-order valence-electron chi connectivity index (χ3n) is 5.47. The second-order valence-corrected chi connectivity index (χ2v) is 7.52. The number of anilines is 1. The maximum absolute atomic E-state index is 12.4. The SMILES string of the molecule is C[C@H](NC(=O)OCC1c2ccccc2-c2ccccc21)C(=O)Nc1cnn(C)c1C(=O)O. The number of amides is 2. The summed E-state index contributed by atoms with van der Waals surface area (Å²) in [6, 6.07) is 15.0. The van der Waals surface area contributed by atoms with Crippen molar-refractivity contribution >= 4 is 23.7 Å². The second kappa shape index (κ2) is 8.54. The van der Waals surface area contributed by atoms with Gasteiger partial charge in [0.15, 0.2) is 5.69 Å². The number of alkyl carbamates (subject to hydrolysis) is 1. The second-order valence-electron chi connectivity index (χ2n) is 7.52. The number of benzene rings is 2. The van der Waals surface area contributed by atoms with Gasteiger partial charge in [-0.25, -0.2) is 9.59 Å². The first kappa shape index (κ1) is 21.1. The fourth-order valence-corrected chi connectivity index (χ4v) is 3.91. The number of carbonyl (C=O) groups excluding carboxylic acids is 2. The summed E-state index contributed by atoms with van der Waals surface area (Å²) in [6.45, 7) is 1.60. The molecule has 1 aliphatic rings. The van der Waals surface area contributed by atoms with Crippen LogP contribution in [0.2, 0.25) is 0 Å². The molecule has 0 bridgehead atoms. The average Bonchev–Trinajstić information content (AvgIpc) is 3.29. The number of carboxylic acid groups (broad SMARTS) is 1. The van der Waals surface area contributed by atoms with E-state index in [9.17, 15) is 19.5 Å². The highest BCUT2D eigenvalue weighted by molar-refractivity contribution is 6.01. The molecule has 3 aromatic rings. The molecule has 0 radical (unpaired) electrons. The fraction of sp³-hybridized carbons (Fsp3) is 0.217. The van der Waals surface area contributed by atoms with Gasteiger partial charge in [-0.2, -0.15) is 5.10 Å². The first-order valence-electron chi connectivity index (χ1n) is 10.0. The lowest BCUT2D eigenvalue weighted by Crippen LogP contribution is -2.42. The molecular formula is C23H22N4O5. The van der Waals surface area contributed by atoms with Crippen molar-refractivity contribution in [2.24, 2.45) is 7.05 Å². The Morgan fingerprint density at radius 1 is 1.09 bits per heavy atom. The summed E-state index contributed by atoms with van der Waals surface area (Å²) >= 11 is 0. The molecule has 32 heavy (non-hydrogen) atoms. The molecule has 9 nitrogen and oxygen atoms in total. The zero-order chi connectivity index (χ0) is 22.8. The Labute approximate surface area is 184 Å². The Bertz CT molecular complexity index is 1160. The van der Waals surface area contributed by atoms with Crippen molar-refractivity contribution in [3.8, 4) is 11.1 Å². The monoisotopic (exact) mass is 434 g/mol. The minimum absolute atomic E-state index is 0.0474. The molecular weight excluding hydrogens is 412 g/mol. The van der Waals surface area contributed by atoms with E-state index in [4.69, 9.17) is 4.74 Å². The van der Waals surface area contributed by atoms with Crippen molar-refractivity contribution in [2.75, 3.05) is 11.9 Å². The summed E-state index contributed by atoms with van der Waals surface area (Å²) < 4.78 is 6.58. The van der Waals surface area contributed by atoms with Gasteiger partial charge in [-0.15, -0.1) is 0 Å². The van der Waals surface area contributed by atoms with E-state index in [-0.39, 0.29) is 23.9 Å². The quantitative estimate of drug-likeness (QED) is 0.548. The van der Waals surface area contributed by atoms with Gasteiger partial charge >= 0.3 is 12.1 Å². The molecule has 1 heterocycles. The average molecular weight is 434 g/mol. The van der Waals surface area contributed by atoms with Crippen LogP contribution in [0.5, 0.6) is 0 Å². The lowest BCUT2D eigenvalue weighted by molar-refractivity contribution is -0.117. The zero-order valence-electron chi connectivity index (χ0n) is 17.5. The third kappa shape index (κ3) is 3.92. The van der Waals surface area contributed by atoms with Crippen LogP contribution in [0.15, 0.2) is 54.7 Å². The van der Waals surface area contributed by atoms with Gasteiger partial charge in [0, 0.05) is 13.0 Å². The maximum atomic E-state index is 12.4. The normalized spacial score (nSPS) is 13.1. The summed E-state index contributed by atoms with van der Waals surface area (Å²) in [4.78, 5) is 36.1. The highest BCUT2D eigenvalue weighted by atomic mass is 16.5. The molecule has 9 heteroatoms. The molecule has 3 N–H and O–H groups in total. The van der Waals surface area contributed by atoms with Crippen molar-refractivity contribution < 1.29 is 24.2 Å². The van der Waals surface area contributed by atoms with Crippen LogP contribution >= 0.6 is 0 Å². The highest BCUT2D eigenvalue weighted by Crippen LogP contribution is 2.44. The summed E-state index contributed by atoms with van der Waals surface area (Å²) in [7, 11) is 1.46. The van der Waals surface area contributed by atoms with Crippen LogP contribution in [-0.2, 0) is 16.6 Å². The number of carboxylic acids is 1. The summed E-state index contributed by atoms with van der Waals surface area (Å²) in [6.07, 6.45) is 0.501. The first-order valence-corrected chi connectivity index (χ1v) is 10.0. The highest BCUT2D eigenvalue weighted by Gasteiger charge is 2.29. The first-order chi connectivity index (χ1) is 15.4. The van der Waals surface area contributed by atoms with Crippen LogP contribution in [0.25, 0.3) is 11.1 Å². The molecule has 1 aliphatic carbocycles. The van der Waals surface area contributed by atoms with E-state index in [0.717, 1.165) is 26.9 Å². The number of carbonyl (C=O) groups is 3. The number of hydrogen-bond donors (Lipinski definition) is 3. The molecule has 2 aromatic carbocycles. The van der Waals surface area contributed by atoms with Crippen molar-refractivity contribution in [3.63, 3.8) is 0 Å². The van der Waals surface area contributed by atoms with E-state index in [0.29, 0.717) is 0 Å². The zero-order valence-corrected chi connectivity index (χ0v) is 17.5. The fourth-order valence-electron chi connectivity index (χ4n) is 3.91. The number of hydrogen-bond acceptors (Lipinski definition) is 5. The topological polar surface area (TPSA) is 123 Å². The van der Waals surface area contributed by atoms with Gasteiger partial charge in [-0.3, -0.25) is 9.48 Å². The lowest BCUT2D eigenvalue weighted by Gasteiger charge is -2.17. The number of aromatic nitrogens is 2. The van der Waals surface area contributed by atoms with Gasteiger partial charge in [0.1, 0.15) is 12.6 Å². The largest absolute Gasteiger partial charge is 0.476 e. The number of nitrogens with one attached hydrogen (secondary N) is 2. The van der Waals surface area contributed by atoms with Crippen molar-refractivity contribution in [3.05, 3.63) is 71.5 Å². The van der Waals surface area contributed by atoms with E-state index in [1.165, 1.54) is 20.2 Å². The summed E-state index contributed by atoms with van der Waals surface area (Å²) in [5.74, 6) is -1.91. The van der Waals surface area contributed by atoms with Gasteiger partial charge in [-0.1, -0.05) is 48.5 Å². The number of nitrogens with zero attached hydrogens (tertiary/aromatic N) is 2. The third-order valence-corrected chi connectivity index (χ3v) is 5.47. The number of aryl methyl sites for hydroxylation is 1. The minimum Gasteiger partial charge on any atom is -0.476 e. The van der Waals surface area contributed by atoms with Crippen LogP contribution in [-0.4, -0.2) is 45.5 Å². The number of rotatable bonds is 6. The number of ether oxygens (including phenoxy) is 1. The van der Waals surface area contributed by atoms with Crippen LogP contribution in [0.4, 0.5) is 10.5 Å². The Morgan fingerprint density at radius 2 is 1.69 bits per heavy atom. The summed E-state index contributed by atoms with van der Waals surface area (Å²) in [5, 5.41) is 18.0. The van der Waals surface area contributed by atoms with Crippen LogP contribution in [0.1, 0.15) is 34.5 Å². The molecule has 0 unspecified atom stereocenters. The summed E-state index contributed by atoms with van der Waals surface area (Å²) in [5.41, 5.74) is 4.30. The Balaban J connectivity index is 1.37. The molecule has 164 valence electrons. The van der Waals surface area contributed by atoms with E-state index < -0.39 is 24.0 Å². The molecule has 0 fully saturated rings. The van der Waals surface area contributed by atoms with Gasteiger partial charge in [-0.05, 0) is 29.2 Å². The molecule has 2 amide bonds. The van der Waals surface area contributed by atoms with E-state index in [1.807, 2.05) is 48.5 Å². The molecule has 4 rings (SSSR count). The van der Waals surface area contributed by atoms with Gasteiger partial charge < -0.3 is 20.5 Å².